The summed E-state index contributed by atoms with van der Waals surface area (Å²) in [6.07, 6.45) is 0.129. The molecule has 0 spiro atoms. The van der Waals surface area contributed by atoms with Crippen molar-refractivity contribution in [3.05, 3.63) is 28.8 Å². The van der Waals surface area contributed by atoms with Gasteiger partial charge < -0.3 is 19.5 Å². The lowest BCUT2D eigenvalue weighted by Crippen LogP contribution is -2.40. The van der Waals surface area contributed by atoms with Crippen LogP contribution in [-0.4, -0.2) is 39.5 Å². The Labute approximate surface area is 112 Å². The van der Waals surface area contributed by atoms with E-state index in [2.05, 4.69) is 5.32 Å². The van der Waals surface area contributed by atoms with Crippen LogP contribution >= 0.6 is 11.6 Å². The minimum Gasteiger partial charge on any atom is -0.496 e. The summed E-state index contributed by atoms with van der Waals surface area (Å²) in [5.74, 6) is 0.794. The number of morpholine rings is 1. The fraction of sp³-hybridized carbons (Fsp3) is 0.538. The molecule has 18 heavy (non-hydrogen) atoms. The molecule has 0 aromatic heterocycles. The zero-order chi connectivity index (χ0) is 12.8. The van der Waals surface area contributed by atoms with E-state index in [0.717, 1.165) is 31.0 Å². The molecule has 0 saturated carbocycles. The molecule has 1 aliphatic heterocycles. The molecule has 0 aliphatic carbocycles. The average molecular weight is 272 g/mol. The number of methoxy groups -OCH3 is 1. The van der Waals surface area contributed by atoms with Gasteiger partial charge in [-0.2, -0.15) is 0 Å². The van der Waals surface area contributed by atoms with Crippen LogP contribution in [0.2, 0.25) is 5.02 Å². The molecule has 5 heteroatoms. The second-order valence-electron chi connectivity index (χ2n) is 4.17. The van der Waals surface area contributed by atoms with Crippen LogP contribution in [-0.2, 0) is 16.1 Å². The van der Waals surface area contributed by atoms with Crippen molar-refractivity contribution in [2.45, 2.75) is 12.7 Å². The smallest absolute Gasteiger partial charge is 0.124 e. The van der Waals surface area contributed by atoms with Gasteiger partial charge in [0, 0.05) is 23.7 Å². The number of rotatable bonds is 5. The molecule has 1 aliphatic rings. The van der Waals surface area contributed by atoms with Crippen molar-refractivity contribution in [1.29, 1.82) is 0 Å². The maximum Gasteiger partial charge on any atom is 0.124 e. The largest absolute Gasteiger partial charge is 0.496 e. The minimum atomic E-state index is 0.129. The fourth-order valence-corrected chi connectivity index (χ4v) is 2.08. The highest BCUT2D eigenvalue weighted by Gasteiger charge is 2.13. The van der Waals surface area contributed by atoms with Crippen LogP contribution in [0.4, 0.5) is 0 Å². The molecule has 1 atom stereocenters. The summed E-state index contributed by atoms with van der Waals surface area (Å²) in [6.45, 7) is 3.55. The molecule has 1 saturated heterocycles. The molecule has 1 N–H and O–H groups in total. The first-order valence-corrected chi connectivity index (χ1v) is 6.40. The zero-order valence-electron chi connectivity index (χ0n) is 10.4. The third-order valence-corrected chi connectivity index (χ3v) is 3.04. The molecular formula is C13H18ClNO3. The molecule has 0 radical (unpaired) electrons. The first kappa shape index (κ1) is 13.6. The van der Waals surface area contributed by atoms with E-state index in [0.29, 0.717) is 18.2 Å². The lowest BCUT2D eigenvalue weighted by Gasteiger charge is -2.23. The van der Waals surface area contributed by atoms with Crippen molar-refractivity contribution in [2.24, 2.45) is 0 Å². The van der Waals surface area contributed by atoms with Crippen molar-refractivity contribution in [1.82, 2.24) is 5.32 Å². The number of hydrogen-bond donors (Lipinski definition) is 1. The van der Waals surface area contributed by atoms with Gasteiger partial charge >= 0.3 is 0 Å². The topological polar surface area (TPSA) is 39.7 Å². The molecule has 1 unspecified atom stereocenters. The summed E-state index contributed by atoms with van der Waals surface area (Å²) < 4.78 is 16.5. The van der Waals surface area contributed by atoms with E-state index in [1.807, 2.05) is 12.1 Å². The number of benzene rings is 1. The molecule has 1 aromatic carbocycles. The second-order valence-corrected chi connectivity index (χ2v) is 4.60. The van der Waals surface area contributed by atoms with Gasteiger partial charge in [-0.15, -0.1) is 0 Å². The van der Waals surface area contributed by atoms with Crippen LogP contribution in [0, 0.1) is 0 Å². The van der Waals surface area contributed by atoms with Crippen LogP contribution < -0.4 is 10.1 Å². The van der Waals surface area contributed by atoms with Crippen molar-refractivity contribution in [3.8, 4) is 5.75 Å². The summed E-state index contributed by atoms with van der Waals surface area (Å²) in [5.41, 5.74) is 0.953. The molecule has 0 bridgehead atoms. The minimum absolute atomic E-state index is 0.129. The van der Waals surface area contributed by atoms with Crippen molar-refractivity contribution in [3.63, 3.8) is 0 Å². The molecule has 1 fully saturated rings. The molecule has 0 amide bonds. The van der Waals surface area contributed by atoms with Gasteiger partial charge in [0.05, 0.1) is 33.0 Å². The molecule has 100 valence electrons. The van der Waals surface area contributed by atoms with Crippen LogP contribution in [0.3, 0.4) is 0 Å². The second kappa shape index (κ2) is 6.95. The Bertz CT molecular complexity index is 380. The SMILES string of the molecule is COc1ccc(Cl)cc1COCC1CNCCO1. The zero-order valence-corrected chi connectivity index (χ0v) is 11.2. The lowest BCUT2D eigenvalue weighted by molar-refractivity contribution is -0.0360. The Kier molecular flexibility index (Phi) is 5.26. The Balaban J connectivity index is 1.83. The van der Waals surface area contributed by atoms with Crippen molar-refractivity contribution >= 4 is 11.6 Å². The summed E-state index contributed by atoms with van der Waals surface area (Å²) in [5, 5.41) is 3.95. The number of hydrogen-bond acceptors (Lipinski definition) is 4. The maximum atomic E-state index is 5.96. The Morgan fingerprint density at radius 2 is 2.39 bits per heavy atom. The molecule has 2 rings (SSSR count). The molecule has 1 aromatic rings. The number of halogens is 1. The quantitative estimate of drug-likeness (QED) is 0.887. The highest BCUT2D eigenvalue weighted by Crippen LogP contribution is 2.23. The predicted molar refractivity (Wildman–Crippen MR) is 70.3 cm³/mol. The Hall–Kier alpha value is -0.810. The van der Waals surface area contributed by atoms with Gasteiger partial charge in [-0.3, -0.25) is 0 Å². The van der Waals surface area contributed by atoms with E-state index in [9.17, 15) is 0 Å². The van der Waals surface area contributed by atoms with Gasteiger partial charge in [-0.25, -0.2) is 0 Å². The van der Waals surface area contributed by atoms with E-state index < -0.39 is 0 Å². The highest BCUT2D eigenvalue weighted by molar-refractivity contribution is 6.30. The van der Waals surface area contributed by atoms with Gasteiger partial charge in [0.15, 0.2) is 0 Å². The van der Waals surface area contributed by atoms with E-state index in [4.69, 9.17) is 25.8 Å². The first-order chi connectivity index (χ1) is 8.79. The van der Waals surface area contributed by atoms with Crippen LogP contribution in [0.1, 0.15) is 5.56 Å². The average Bonchev–Trinajstić information content (AvgIpc) is 2.40. The highest BCUT2D eigenvalue weighted by atomic mass is 35.5. The summed E-state index contributed by atoms with van der Waals surface area (Å²) in [7, 11) is 1.64. The van der Waals surface area contributed by atoms with E-state index in [1.165, 1.54) is 0 Å². The molecule has 4 nitrogen and oxygen atoms in total. The van der Waals surface area contributed by atoms with Crippen molar-refractivity contribution in [2.75, 3.05) is 33.4 Å². The first-order valence-electron chi connectivity index (χ1n) is 6.02. The van der Waals surface area contributed by atoms with E-state index >= 15 is 0 Å². The van der Waals surface area contributed by atoms with Crippen LogP contribution in [0.15, 0.2) is 18.2 Å². The predicted octanol–water partition coefficient (Wildman–Crippen LogP) is 1.85. The summed E-state index contributed by atoms with van der Waals surface area (Å²) in [4.78, 5) is 0. The normalized spacial score (nSPS) is 19.8. The maximum absolute atomic E-state index is 5.96. The van der Waals surface area contributed by atoms with Crippen molar-refractivity contribution < 1.29 is 14.2 Å². The van der Waals surface area contributed by atoms with E-state index in [1.54, 1.807) is 13.2 Å². The monoisotopic (exact) mass is 271 g/mol. The molecular weight excluding hydrogens is 254 g/mol. The van der Waals surface area contributed by atoms with E-state index in [-0.39, 0.29) is 6.10 Å². The third kappa shape index (κ3) is 3.85. The van der Waals surface area contributed by atoms with Gasteiger partial charge in [0.2, 0.25) is 0 Å². The summed E-state index contributed by atoms with van der Waals surface area (Å²) in [6, 6.07) is 5.51. The number of nitrogens with one attached hydrogen (secondary N) is 1. The number of ether oxygens (including phenoxy) is 3. The van der Waals surface area contributed by atoms with Gasteiger partial charge in [0.25, 0.3) is 0 Å². The standard InChI is InChI=1S/C13H18ClNO3/c1-16-13-3-2-11(14)6-10(13)8-17-9-12-7-15-4-5-18-12/h2-3,6,12,15H,4-5,7-9H2,1H3. The Morgan fingerprint density at radius 3 is 3.11 bits per heavy atom. The van der Waals surface area contributed by atoms with Crippen LogP contribution in [0.5, 0.6) is 5.75 Å². The van der Waals surface area contributed by atoms with Crippen LogP contribution in [0.25, 0.3) is 0 Å². The van der Waals surface area contributed by atoms with Gasteiger partial charge in [-0.1, -0.05) is 11.6 Å². The van der Waals surface area contributed by atoms with Gasteiger partial charge in [0.1, 0.15) is 5.75 Å². The summed E-state index contributed by atoms with van der Waals surface area (Å²) >= 11 is 5.96. The Morgan fingerprint density at radius 1 is 1.50 bits per heavy atom. The fourth-order valence-electron chi connectivity index (χ4n) is 1.89. The lowest BCUT2D eigenvalue weighted by atomic mass is 10.2. The molecule has 1 heterocycles. The van der Waals surface area contributed by atoms with Gasteiger partial charge in [-0.05, 0) is 18.2 Å². The third-order valence-electron chi connectivity index (χ3n) is 2.81.